The second-order valence-corrected chi connectivity index (χ2v) is 5.42. The highest BCUT2D eigenvalue weighted by atomic mass is 16.2. The number of urea groups is 1. The van der Waals surface area contributed by atoms with Crippen molar-refractivity contribution in [2.75, 3.05) is 30.9 Å². The van der Waals surface area contributed by atoms with E-state index in [9.17, 15) is 9.59 Å². The van der Waals surface area contributed by atoms with Gasteiger partial charge in [0.25, 0.3) is 0 Å². The highest BCUT2D eigenvalue weighted by Gasteiger charge is 2.17. The topological polar surface area (TPSA) is 65.5 Å². The normalized spacial score (nSPS) is 14.8. The minimum absolute atomic E-state index is 0.0813. The summed E-state index contributed by atoms with van der Waals surface area (Å²) in [6.07, 6.45) is 7.31. The van der Waals surface area contributed by atoms with E-state index in [1.807, 2.05) is 12.1 Å². The molecule has 1 saturated carbocycles. The Hall–Kier alpha value is -2.11. The maximum absolute atomic E-state index is 12.0. The van der Waals surface area contributed by atoms with Crippen LogP contribution in [0.1, 0.15) is 25.7 Å². The van der Waals surface area contributed by atoms with Crippen molar-refractivity contribution < 1.29 is 9.59 Å². The number of aldehydes is 1. The van der Waals surface area contributed by atoms with Crippen LogP contribution in [0.25, 0.3) is 0 Å². The first-order valence-corrected chi connectivity index (χ1v) is 7.27. The highest BCUT2D eigenvalue weighted by molar-refractivity contribution is 5.92. The van der Waals surface area contributed by atoms with Gasteiger partial charge in [-0.1, -0.05) is 12.8 Å². The second-order valence-electron chi connectivity index (χ2n) is 5.42. The summed E-state index contributed by atoms with van der Waals surface area (Å²) in [7, 11) is 3.27. The van der Waals surface area contributed by atoms with Crippen molar-refractivity contribution >= 4 is 23.8 Å². The van der Waals surface area contributed by atoms with E-state index in [0.29, 0.717) is 18.0 Å². The molecule has 114 valence electrons. The van der Waals surface area contributed by atoms with Crippen molar-refractivity contribution in [2.24, 2.45) is 0 Å². The zero-order valence-electron chi connectivity index (χ0n) is 12.6. The number of anilines is 2. The van der Waals surface area contributed by atoms with Gasteiger partial charge in [-0.25, -0.2) is 9.78 Å². The van der Waals surface area contributed by atoms with E-state index >= 15 is 0 Å². The van der Waals surface area contributed by atoms with E-state index < -0.39 is 0 Å². The molecule has 1 aliphatic carbocycles. The summed E-state index contributed by atoms with van der Waals surface area (Å²) >= 11 is 0. The Kier molecular flexibility index (Phi) is 5.14. The SMILES string of the molecule is CN(CC=O)C(=O)N(C)c1ccc(NC2CCCC2)nc1. The molecule has 6 nitrogen and oxygen atoms in total. The Labute approximate surface area is 125 Å². The number of hydrogen-bond acceptors (Lipinski definition) is 4. The van der Waals surface area contributed by atoms with Gasteiger partial charge in [-0.05, 0) is 25.0 Å². The predicted molar refractivity (Wildman–Crippen MR) is 82.6 cm³/mol. The molecule has 0 bridgehead atoms. The highest BCUT2D eigenvalue weighted by Crippen LogP contribution is 2.22. The van der Waals surface area contributed by atoms with Crippen molar-refractivity contribution in [1.82, 2.24) is 9.88 Å². The molecule has 0 saturated heterocycles. The molecule has 1 fully saturated rings. The number of nitrogens with one attached hydrogen (secondary N) is 1. The number of aromatic nitrogens is 1. The van der Waals surface area contributed by atoms with Gasteiger partial charge in [0.15, 0.2) is 0 Å². The zero-order valence-corrected chi connectivity index (χ0v) is 12.6. The molecule has 0 unspecified atom stereocenters. The van der Waals surface area contributed by atoms with Gasteiger partial charge in [-0.2, -0.15) is 0 Å². The monoisotopic (exact) mass is 290 g/mol. The summed E-state index contributed by atoms with van der Waals surface area (Å²) in [6, 6.07) is 4.02. The summed E-state index contributed by atoms with van der Waals surface area (Å²) in [4.78, 5) is 29.7. The first-order valence-electron chi connectivity index (χ1n) is 7.27. The summed E-state index contributed by atoms with van der Waals surface area (Å²) in [5.74, 6) is 0.841. The van der Waals surface area contributed by atoms with Gasteiger partial charge >= 0.3 is 6.03 Å². The molecule has 0 aromatic carbocycles. The quantitative estimate of drug-likeness (QED) is 0.844. The number of pyridine rings is 1. The second kappa shape index (κ2) is 7.06. The van der Waals surface area contributed by atoms with Crippen LogP contribution in [0.3, 0.4) is 0 Å². The first-order chi connectivity index (χ1) is 10.1. The Morgan fingerprint density at radius 3 is 2.67 bits per heavy atom. The summed E-state index contributed by atoms with van der Waals surface area (Å²) in [6.45, 7) is 0.0813. The molecule has 1 N–H and O–H groups in total. The maximum Gasteiger partial charge on any atom is 0.324 e. The Morgan fingerprint density at radius 2 is 2.10 bits per heavy atom. The van der Waals surface area contributed by atoms with Gasteiger partial charge in [0.05, 0.1) is 18.4 Å². The third kappa shape index (κ3) is 3.93. The minimum Gasteiger partial charge on any atom is -0.367 e. The van der Waals surface area contributed by atoms with E-state index in [1.165, 1.54) is 35.5 Å². The number of carbonyl (C=O) groups is 2. The number of likely N-dealkylation sites (N-methyl/N-ethyl adjacent to an activating group) is 1. The van der Waals surface area contributed by atoms with E-state index in [-0.39, 0.29) is 12.6 Å². The van der Waals surface area contributed by atoms with E-state index in [1.54, 1.807) is 20.3 Å². The third-order valence-corrected chi connectivity index (χ3v) is 3.80. The fraction of sp³-hybridized carbons (Fsp3) is 0.533. The fourth-order valence-corrected chi connectivity index (χ4v) is 2.51. The lowest BCUT2D eigenvalue weighted by Crippen LogP contribution is -2.39. The molecular formula is C15H22N4O2. The van der Waals surface area contributed by atoms with Crippen LogP contribution in [0.4, 0.5) is 16.3 Å². The Balaban J connectivity index is 1.97. The summed E-state index contributed by atoms with van der Waals surface area (Å²) < 4.78 is 0. The van der Waals surface area contributed by atoms with Crippen molar-refractivity contribution in [3.8, 4) is 0 Å². The Morgan fingerprint density at radius 1 is 1.38 bits per heavy atom. The molecule has 2 rings (SSSR count). The van der Waals surface area contributed by atoms with Crippen molar-refractivity contribution in [3.63, 3.8) is 0 Å². The number of nitrogens with zero attached hydrogens (tertiary/aromatic N) is 3. The minimum atomic E-state index is -0.236. The van der Waals surface area contributed by atoms with Crippen LogP contribution < -0.4 is 10.2 Å². The van der Waals surface area contributed by atoms with E-state index in [0.717, 1.165) is 5.82 Å². The third-order valence-electron chi connectivity index (χ3n) is 3.80. The summed E-state index contributed by atoms with van der Waals surface area (Å²) in [5, 5.41) is 3.41. The van der Waals surface area contributed by atoms with Gasteiger partial charge < -0.3 is 15.0 Å². The molecule has 1 aliphatic rings. The van der Waals surface area contributed by atoms with Crippen LogP contribution in [-0.4, -0.2) is 48.9 Å². The number of rotatable bonds is 5. The number of amides is 2. The lowest BCUT2D eigenvalue weighted by molar-refractivity contribution is -0.108. The zero-order chi connectivity index (χ0) is 15.2. The predicted octanol–water partition coefficient (Wildman–Crippen LogP) is 2.12. The van der Waals surface area contributed by atoms with Gasteiger partial charge in [0, 0.05) is 20.1 Å². The molecule has 1 aromatic rings. The van der Waals surface area contributed by atoms with Crippen LogP contribution in [0.5, 0.6) is 0 Å². The van der Waals surface area contributed by atoms with Crippen LogP contribution in [0.15, 0.2) is 18.3 Å². The van der Waals surface area contributed by atoms with Crippen LogP contribution >= 0.6 is 0 Å². The number of hydrogen-bond donors (Lipinski definition) is 1. The van der Waals surface area contributed by atoms with Crippen molar-refractivity contribution in [1.29, 1.82) is 0 Å². The van der Waals surface area contributed by atoms with Crippen LogP contribution in [0, 0.1) is 0 Å². The molecule has 1 aromatic heterocycles. The van der Waals surface area contributed by atoms with E-state index in [2.05, 4.69) is 10.3 Å². The van der Waals surface area contributed by atoms with E-state index in [4.69, 9.17) is 0 Å². The first kappa shape index (κ1) is 15.3. The van der Waals surface area contributed by atoms with Gasteiger partial charge in [0.2, 0.25) is 0 Å². The molecule has 1 heterocycles. The van der Waals surface area contributed by atoms with Crippen molar-refractivity contribution in [2.45, 2.75) is 31.7 Å². The molecule has 6 heteroatoms. The van der Waals surface area contributed by atoms with Gasteiger partial charge in [-0.3, -0.25) is 4.90 Å². The largest absolute Gasteiger partial charge is 0.367 e. The molecule has 0 aliphatic heterocycles. The van der Waals surface area contributed by atoms with Gasteiger partial charge in [0.1, 0.15) is 12.1 Å². The van der Waals surface area contributed by atoms with Crippen LogP contribution in [-0.2, 0) is 4.79 Å². The lowest BCUT2D eigenvalue weighted by atomic mass is 10.2. The molecular weight excluding hydrogens is 268 g/mol. The lowest BCUT2D eigenvalue weighted by Gasteiger charge is -2.23. The maximum atomic E-state index is 12.0. The standard InChI is InChI=1S/C15H22N4O2/c1-18(9-10-20)15(21)19(2)13-7-8-14(16-11-13)17-12-5-3-4-6-12/h7-8,10-12H,3-6,9H2,1-2H3,(H,16,17). The van der Waals surface area contributed by atoms with Crippen molar-refractivity contribution in [3.05, 3.63) is 18.3 Å². The molecule has 0 spiro atoms. The molecule has 0 radical (unpaired) electrons. The Bertz CT molecular complexity index is 483. The fourth-order valence-electron chi connectivity index (χ4n) is 2.51. The summed E-state index contributed by atoms with van der Waals surface area (Å²) in [5.41, 5.74) is 0.703. The smallest absolute Gasteiger partial charge is 0.324 e. The molecule has 0 atom stereocenters. The molecule has 2 amide bonds. The number of carbonyl (C=O) groups excluding carboxylic acids is 2. The molecule has 21 heavy (non-hydrogen) atoms. The van der Waals surface area contributed by atoms with Gasteiger partial charge in [-0.15, -0.1) is 0 Å². The average molecular weight is 290 g/mol. The average Bonchev–Trinajstić information content (AvgIpc) is 3.00. The van der Waals surface area contributed by atoms with Crippen LogP contribution in [0.2, 0.25) is 0 Å².